The fourth-order valence-electron chi connectivity index (χ4n) is 4.01. The van der Waals surface area contributed by atoms with Gasteiger partial charge in [0, 0.05) is 16.3 Å². The van der Waals surface area contributed by atoms with E-state index in [2.05, 4.69) is 14.7 Å². The van der Waals surface area contributed by atoms with E-state index in [1.807, 2.05) is 0 Å². The van der Waals surface area contributed by atoms with E-state index >= 15 is 0 Å². The van der Waals surface area contributed by atoms with Gasteiger partial charge in [-0.2, -0.15) is 21.6 Å². The molecule has 57 heavy (non-hydrogen) atoms. The summed E-state index contributed by atoms with van der Waals surface area (Å²) in [5.74, 6) is -5.85. The number of carboxylic acids is 3. The van der Waals surface area contributed by atoms with Crippen molar-refractivity contribution < 1.29 is 80.0 Å². The first kappa shape index (κ1) is 46.3. The predicted molar refractivity (Wildman–Crippen MR) is 194 cm³/mol. The van der Waals surface area contributed by atoms with Gasteiger partial charge >= 0.3 is 30.1 Å². The summed E-state index contributed by atoms with van der Waals surface area (Å²) >= 11 is 5.44. The zero-order valence-corrected chi connectivity index (χ0v) is 30.5. The number of halogens is 4. The van der Waals surface area contributed by atoms with Gasteiger partial charge < -0.3 is 45.7 Å². The van der Waals surface area contributed by atoms with Crippen molar-refractivity contribution in [2.24, 2.45) is 5.73 Å². The smallest absolute Gasteiger partial charge is 0.452 e. The van der Waals surface area contributed by atoms with Crippen molar-refractivity contribution in [3.05, 3.63) is 119 Å². The number of oxazole rings is 1. The molecule has 0 atom stereocenters. The molecule has 0 bridgehead atoms. The van der Waals surface area contributed by atoms with E-state index < -0.39 is 62.3 Å². The highest BCUT2D eigenvalue weighted by molar-refractivity contribution is 7.86. The summed E-state index contributed by atoms with van der Waals surface area (Å²) in [7, 11) is -4.39. The van der Waals surface area contributed by atoms with Crippen LogP contribution in [0.3, 0.4) is 0 Å². The van der Waals surface area contributed by atoms with Crippen molar-refractivity contribution >= 4 is 51.3 Å². The number of hydrogen-bond donors (Lipinski definition) is 8. The molecule has 0 unspecified atom stereocenters. The molecule has 0 fully saturated rings. The molecule has 0 aliphatic heterocycles. The lowest BCUT2D eigenvalue weighted by Crippen LogP contribution is -2.19. The van der Waals surface area contributed by atoms with Crippen molar-refractivity contribution in [1.82, 2.24) is 4.98 Å². The molecule has 1 aromatic heterocycles. The van der Waals surface area contributed by atoms with Crippen LogP contribution < -0.4 is 15.8 Å². The summed E-state index contributed by atoms with van der Waals surface area (Å²) in [4.78, 5) is 44.7. The van der Waals surface area contributed by atoms with E-state index in [1.54, 1.807) is 31.2 Å². The Morgan fingerprint density at radius 2 is 1.47 bits per heavy atom. The van der Waals surface area contributed by atoms with Crippen LogP contribution in [0.25, 0.3) is 11.5 Å². The molecule has 0 saturated heterocycles. The van der Waals surface area contributed by atoms with Crippen LogP contribution in [0.5, 0.6) is 17.2 Å². The topological polar surface area (TPSA) is 297 Å². The monoisotopic (exact) mass is 841 g/mol. The number of nitrogens with zero attached hydrogens (tertiary/aromatic N) is 1. The Balaban J connectivity index is 0.000000266. The number of carbonyl (C=O) groups is 4. The number of anilines is 1. The predicted octanol–water partition coefficient (Wildman–Crippen LogP) is 6.64. The van der Waals surface area contributed by atoms with Gasteiger partial charge in [-0.05, 0) is 79.2 Å². The summed E-state index contributed by atoms with van der Waals surface area (Å²) in [5.41, 5.74) is 5.23. The summed E-state index contributed by atoms with van der Waals surface area (Å²) in [6.07, 6.45) is -4.96. The molecular formula is C35H31ClF3N3O14S. The Kier molecular flexibility index (Phi) is 16.8. The Labute approximate surface area is 325 Å². The third kappa shape index (κ3) is 15.4. The number of carbonyl (C=O) groups excluding carboxylic acids is 1. The number of aromatic carboxylic acids is 2. The van der Waals surface area contributed by atoms with Gasteiger partial charge in [0.15, 0.2) is 17.2 Å². The number of nitrogens with two attached hydrogens (primary N) is 1. The number of rotatable bonds is 9. The molecule has 1 heterocycles. The van der Waals surface area contributed by atoms with Gasteiger partial charge in [0.25, 0.3) is 10.1 Å². The van der Waals surface area contributed by atoms with Crippen LogP contribution in [0.1, 0.15) is 39.1 Å². The molecule has 5 rings (SSSR count). The summed E-state index contributed by atoms with van der Waals surface area (Å²) in [6.45, 7) is 2.23. The first-order valence-electron chi connectivity index (χ1n) is 15.4. The third-order valence-corrected chi connectivity index (χ3v) is 7.50. The summed E-state index contributed by atoms with van der Waals surface area (Å²) in [6, 6.07) is 20.7. The number of nitrogens with one attached hydrogen (secondary N) is 1. The highest BCUT2D eigenvalue weighted by Gasteiger charge is 2.42. The molecule has 5 aromatic rings. The second-order valence-corrected chi connectivity index (χ2v) is 12.5. The number of aromatic hydroxyl groups is 2. The molecular weight excluding hydrogens is 811 g/mol. The number of primary amides is 1. The average molecular weight is 842 g/mol. The van der Waals surface area contributed by atoms with Crippen LogP contribution in [-0.2, 0) is 27.5 Å². The fraction of sp³-hybridized carbons (Fsp3) is 0.114. The van der Waals surface area contributed by atoms with Crippen LogP contribution in [0.4, 0.5) is 23.7 Å². The van der Waals surface area contributed by atoms with E-state index in [-0.39, 0.29) is 34.2 Å². The largest absolute Gasteiger partial charge is 0.506 e. The molecule has 0 saturated carbocycles. The summed E-state index contributed by atoms with van der Waals surface area (Å²) in [5, 5.41) is 46.5. The fourth-order valence-corrected chi connectivity index (χ4v) is 4.85. The molecule has 17 nitrogen and oxygen atoms in total. The molecule has 22 heteroatoms. The minimum absolute atomic E-state index is 0.0287. The van der Waals surface area contributed by atoms with Gasteiger partial charge in [-0.3, -0.25) is 9.35 Å². The van der Waals surface area contributed by atoms with E-state index in [0.29, 0.717) is 23.6 Å². The number of carboxylic acid groups (broad SMARTS) is 3. The maximum absolute atomic E-state index is 12.5. The third-order valence-electron chi connectivity index (χ3n) is 6.39. The van der Waals surface area contributed by atoms with Gasteiger partial charge in [0.1, 0.15) is 10.6 Å². The number of amides is 2. The number of ether oxygens (including phenoxy) is 1. The van der Waals surface area contributed by atoms with Crippen molar-refractivity contribution in [3.63, 3.8) is 0 Å². The van der Waals surface area contributed by atoms with E-state index in [1.165, 1.54) is 54.6 Å². The molecule has 2 amide bonds. The molecule has 304 valence electrons. The lowest BCUT2D eigenvalue weighted by molar-refractivity contribution is -0.153. The van der Waals surface area contributed by atoms with Crippen molar-refractivity contribution in [1.29, 1.82) is 0 Å². The number of phenolic OH excluding ortho intramolecular Hbond substituents is 2. The van der Waals surface area contributed by atoms with Crippen LogP contribution >= 0.6 is 11.6 Å². The van der Waals surface area contributed by atoms with E-state index in [9.17, 15) is 45.9 Å². The van der Waals surface area contributed by atoms with Gasteiger partial charge in [-0.15, -0.1) is 0 Å². The van der Waals surface area contributed by atoms with Crippen LogP contribution in [0, 0.1) is 0 Å². The lowest BCUT2D eigenvalue weighted by atomic mass is 10.1. The maximum Gasteiger partial charge on any atom is 0.452 e. The molecule has 4 aromatic carbocycles. The number of urea groups is 1. The quantitative estimate of drug-likeness (QED) is 0.0721. The normalized spacial score (nSPS) is 10.6. The lowest BCUT2D eigenvalue weighted by Gasteiger charge is -2.06. The first-order chi connectivity index (χ1) is 26.5. The minimum Gasteiger partial charge on any atom is -0.506 e. The molecule has 0 aliphatic carbocycles. The Morgan fingerprint density at radius 1 is 0.877 bits per heavy atom. The van der Waals surface area contributed by atoms with Crippen LogP contribution in [0.15, 0.2) is 100 Å². The zero-order chi connectivity index (χ0) is 43.1. The zero-order valence-electron chi connectivity index (χ0n) is 29.0. The maximum atomic E-state index is 12.5. The van der Waals surface area contributed by atoms with E-state index in [4.69, 9.17) is 47.1 Å². The van der Waals surface area contributed by atoms with Crippen molar-refractivity contribution in [3.8, 4) is 28.7 Å². The second-order valence-electron chi connectivity index (χ2n) is 10.6. The minimum atomic E-state index is -4.90. The highest BCUT2D eigenvalue weighted by atomic mass is 35.5. The Hall–Kier alpha value is -6.84. The first-order valence-corrected chi connectivity index (χ1v) is 17.2. The standard InChI is InChI=1S/C11H6F3NO3.C10H12O4.C8H8N2O3.C6H5ClO4S/c12-11(13,14)8-7(10(16)17)15-9(18-8)6-4-2-1-3-5-6;1-2-14-9-5-7(6-10(12)13)3-4-8(9)11;9-8(13)10-6-3-1-5(2-4-6)7(11)12;7-4-1-2-5(8)6(3-4)12(9,10)11/h1-5H,(H,16,17);3-5,11H,2,6H2,1H3,(H,12,13);1-4H,(H,11,12)(H3,9,10,13);1-3,8H,(H,9,10,11). The Bertz CT molecular complexity index is 2290. The molecule has 9 N–H and O–H groups in total. The van der Waals surface area contributed by atoms with E-state index in [0.717, 1.165) is 12.1 Å². The highest BCUT2D eigenvalue weighted by Crippen LogP contribution is 2.35. The SMILES string of the molecule is CCOc1cc(CC(=O)O)ccc1O.NC(=O)Nc1ccc(C(=O)O)cc1.O=C(O)c1nc(-c2ccccc2)oc1C(F)(F)F.O=S(=O)(O)c1cc(Cl)ccc1O. The number of alkyl halides is 3. The number of benzene rings is 4. The molecule has 0 spiro atoms. The van der Waals surface area contributed by atoms with Gasteiger partial charge in [-0.1, -0.05) is 35.9 Å². The van der Waals surface area contributed by atoms with Crippen LogP contribution in [-0.4, -0.2) is 74.0 Å². The molecule has 0 aliphatic rings. The van der Waals surface area contributed by atoms with Gasteiger partial charge in [0.05, 0.1) is 18.6 Å². The molecule has 0 radical (unpaired) electrons. The number of aliphatic carboxylic acids is 1. The van der Waals surface area contributed by atoms with Gasteiger partial charge in [-0.25, -0.2) is 19.4 Å². The number of aromatic nitrogens is 1. The number of hydrogen-bond acceptors (Lipinski definition) is 11. The van der Waals surface area contributed by atoms with Crippen molar-refractivity contribution in [2.75, 3.05) is 11.9 Å². The van der Waals surface area contributed by atoms with Crippen LogP contribution in [0.2, 0.25) is 5.02 Å². The Morgan fingerprint density at radius 3 is 1.93 bits per heavy atom. The summed E-state index contributed by atoms with van der Waals surface area (Å²) < 4.78 is 76.9. The average Bonchev–Trinajstić information content (AvgIpc) is 3.59. The second kappa shape index (κ2) is 20.7. The van der Waals surface area contributed by atoms with Crippen molar-refractivity contribution in [2.45, 2.75) is 24.4 Å². The van der Waals surface area contributed by atoms with Gasteiger partial charge in [0.2, 0.25) is 11.7 Å². The number of phenols is 2.